The van der Waals surface area contributed by atoms with Crippen molar-refractivity contribution in [1.82, 2.24) is 9.97 Å². The molecule has 0 aliphatic heterocycles. The molecule has 0 aliphatic rings. The molecule has 1 heterocycles. The second-order valence-corrected chi connectivity index (χ2v) is 3.40. The molecule has 0 atom stereocenters. The molecule has 0 spiro atoms. The van der Waals surface area contributed by atoms with Crippen LogP contribution in [0.25, 0.3) is 0 Å². The van der Waals surface area contributed by atoms with Crippen molar-refractivity contribution in [3.63, 3.8) is 0 Å². The number of para-hydroxylation sites is 1. The molecule has 0 unspecified atom stereocenters. The number of methoxy groups -OCH3 is 1. The summed E-state index contributed by atoms with van der Waals surface area (Å²) in [5.41, 5.74) is 0.913. The molecule has 4 nitrogen and oxygen atoms in total. The average Bonchev–Trinajstić information content (AvgIpc) is 2.31. The number of halogens is 1. The number of nitrogens with one attached hydrogen (secondary N) is 1. The van der Waals surface area contributed by atoms with Crippen molar-refractivity contribution in [3.8, 4) is 5.75 Å². The Kier molecular flexibility index (Phi) is 3.22. The summed E-state index contributed by atoms with van der Waals surface area (Å²) in [6, 6.07) is 9.65. The van der Waals surface area contributed by atoms with Crippen LogP contribution in [0.15, 0.2) is 36.7 Å². The molecular formula is C11H10ClN3O. The van der Waals surface area contributed by atoms with E-state index in [2.05, 4.69) is 15.3 Å². The Labute approximate surface area is 98.3 Å². The minimum atomic E-state index is 0.288. The van der Waals surface area contributed by atoms with E-state index < -0.39 is 0 Å². The summed E-state index contributed by atoms with van der Waals surface area (Å²) < 4.78 is 5.13. The molecule has 0 saturated heterocycles. The highest BCUT2D eigenvalue weighted by Crippen LogP contribution is 2.30. The van der Waals surface area contributed by atoms with Gasteiger partial charge in [0.15, 0.2) is 16.7 Å². The maximum absolute atomic E-state index is 5.88. The van der Waals surface area contributed by atoms with Gasteiger partial charge in [0.25, 0.3) is 0 Å². The predicted octanol–water partition coefficient (Wildman–Crippen LogP) is 2.88. The topological polar surface area (TPSA) is 47.0 Å². The van der Waals surface area contributed by atoms with Gasteiger partial charge in [0, 0.05) is 5.69 Å². The number of anilines is 2. The third kappa shape index (κ3) is 2.23. The van der Waals surface area contributed by atoms with Gasteiger partial charge >= 0.3 is 0 Å². The zero-order valence-corrected chi connectivity index (χ0v) is 9.40. The molecule has 0 saturated carbocycles. The monoisotopic (exact) mass is 235 g/mol. The van der Waals surface area contributed by atoms with E-state index in [1.165, 1.54) is 13.4 Å². The van der Waals surface area contributed by atoms with Gasteiger partial charge in [-0.2, -0.15) is 0 Å². The Bertz CT molecular complexity index is 476. The van der Waals surface area contributed by atoms with Crippen molar-refractivity contribution in [3.05, 3.63) is 41.8 Å². The Morgan fingerprint density at radius 2 is 1.94 bits per heavy atom. The Morgan fingerprint density at radius 3 is 2.62 bits per heavy atom. The van der Waals surface area contributed by atoms with Crippen LogP contribution in [-0.2, 0) is 0 Å². The van der Waals surface area contributed by atoms with Gasteiger partial charge in [0.2, 0.25) is 0 Å². The second-order valence-electron chi connectivity index (χ2n) is 3.04. The molecule has 0 fully saturated rings. The van der Waals surface area contributed by atoms with Crippen LogP contribution in [-0.4, -0.2) is 17.1 Å². The molecule has 2 aromatic rings. The van der Waals surface area contributed by atoms with E-state index in [1.54, 1.807) is 0 Å². The number of aromatic nitrogens is 2. The number of benzene rings is 1. The lowest BCUT2D eigenvalue weighted by Crippen LogP contribution is -1.98. The first-order chi connectivity index (χ1) is 7.81. The minimum Gasteiger partial charge on any atom is -0.490 e. The van der Waals surface area contributed by atoms with Crippen molar-refractivity contribution in [2.45, 2.75) is 0 Å². The minimum absolute atomic E-state index is 0.288. The van der Waals surface area contributed by atoms with E-state index in [9.17, 15) is 0 Å². The fourth-order valence-electron chi connectivity index (χ4n) is 1.28. The van der Waals surface area contributed by atoms with Crippen LogP contribution >= 0.6 is 11.6 Å². The molecule has 0 radical (unpaired) electrons. The fourth-order valence-corrected chi connectivity index (χ4v) is 1.49. The molecule has 2 rings (SSSR count). The Balaban J connectivity index is 2.31. The summed E-state index contributed by atoms with van der Waals surface area (Å²) in [6.07, 6.45) is 1.39. The molecule has 0 amide bonds. The average molecular weight is 236 g/mol. The molecule has 1 aromatic heterocycles. The third-order valence-corrected chi connectivity index (χ3v) is 2.27. The lowest BCUT2D eigenvalue weighted by Gasteiger charge is -2.09. The van der Waals surface area contributed by atoms with Gasteiger partial charge in [0.1, 0.15) is 6.33 Å². The van der Waals surface area contributed by atoms with Crippen LogP contribution in [0.3, 0.4) is 0 Å². The van der Waals surface area contributed by atoms with Crippen molar-refractivity contribution < 1.29 is 4.74 Å². The van der Waals surface area contributed by atoms with Gasteiger partial charge in [-0.1, -0.05) is 29.8 Å². The highest BCUT2D eigenvalue weighted by Gasteiger charge is 2.09. The number of nitrogens with zero attached hydrogens (tertiary/aromatic N) is 2. The molecule has 1 aromatic carbocycles. The summed E-state index contributed by atoms with van der Waals surface area (Å²) >= 11 is 5.88. The first-order valence-electron chi connectivity index (χ1n) is 4.68. The van der Waals surface area contributed by atoms with Crippen LogP contribution in [0.1, 0.15) is 0 Å². The largest absolute Gasteiger partial charge is 0.490 e. The molecule has 0 aliphatic carbocycles. The summed E-state index contributed by atoms with van der Waals surface area (Å²) in [5.74, 6) is 0.988. The summed E-state index contributed by atoms with van der Waals surface area (Å²) in [6.45, 7) is 0. The van der Waals surface area contributed by atoms with E-state index in [0.29, 0.717) is 11.6 Å². The van der Waals surface area contributed by atoms with E-state index in [0.717, 1.165) is 5.69 Å². The van der Waals surface area contributed by atoms with Crippen LogP contribution in [0.4, 0.5) is 11.5 Å². The van der Waals surface area contributed by atoms with Crippen molar-refractivity contribution in [2.24, 2.45) is 0 Å². The molecule has 0 bridgehead atoms. The molecule has 82 valence electrons. The van der Waals surface area contributed by atoms with Crippen LogP contribution in [0.5, 0.6) is 5.75 Å². The lowest BCUT2D eigenvalue weighted by atomic mass is 10.3. The molecule has 16 heavy (non-hydrogen) atoms. The highest BCUT2D eigenvalue weighted by molar-refractivity contribution is 6.31. The van der Waals surface area contributed by atoms with E-state index in [1.807, 2.05) is 30.3 Å². The zero-order valence-electron chi connectivity index (χ0n) is 8.64. The van der Waals surface area contributed by atoms with Gasteiger partial charge < -0.3 is 10.1 Å². The van der Waals surface area contributed by atoms with Gasteiger partial charge in [-0.15, -0.1) is 0 Å². The van der Waals surface area contributed by atoms with Crippen molar-refractivity contribution >= 4 is 23.1 Å². The predicted molar refractivity (Wildman–Crippen MR) is 63.3 cm³/mol. The number of hydrogen-bond acceptors (Lipinski definition) is 4. The van der Waals surface area contributed by atoms with E-state index >= 15 is 0 Å². The van der Waals surface area contributed by atoms with Crippen LogP contribution in [0.2, 0.25) is 5.15 Å². The lowest BCUT2D eigenvalue weighted by molar-refractivity contribution is 0.413. The Hall–Kier alpha value is -1.81. The van der Waals surface area contributed by atoms with Gasteiger partial charge in [-0.25, -0.2) is 9.97 Å². The fraction of sp³-hybridized carbons (Fsp3) is 0.0909. The highest BCUT2D eigenvalue weighted by atomic mass is 35.5. The number of hydrogen-bond donors (Lipinski definition) is 1. The molecule has 5 heteroatoms. The van der Waals surface area contributed by atoms with E-state index in [-0.39, 0.29) is 5.15 Å². The third-order valence-electron chi connectivity index (χ3n) is 2.00. The normalized spacial score (nSPS) is 9.88. The van der Waals surface area contributed by atoms with Gasteiger partial charge in [0.05, 0.1) is 7.11 Å². The maximum Gasteiger partial charge on any atom is 0.199 e. The number of ether oxygens (including phenoxy) is 1. The van der Waals surface area contributed by atoms with Crippen molar-refractivity contribution in [1.29, 1.82) is 0 Å². The van der Waals surface area contributed by atoms with E-state index in [4.69, 9.17) is 16.3 Å². The van der Waals surface area contributed by atoms with Gasteiger partial charge in [-0.3, -0.25) is 0 Å². The summed E-state index contributed by atoms with van der Waals surface area (Å²) in [7, 11) is 1.53. The summed E-state index contributed by atoms with van der Waals surface area (Å²) in [5, 5.41) is 3.39. The Morgan fingerprint density at radius 1 is 1.19 bits per heavy atom. The summed E-state index contributed by atoms with van der Waals surface area (Å²) in [4.78, 5) is 7.92. The first kappa shape index (κ1) is 10.7. The maximum atomic E-state index is 5.88. The van der Waals surface area contributed by atoms with Crippen LogP contribution < -0.4 is 10.1 Å². The smallest absolute Gasteiger partial charge is 0.199 e. The molecular weight excluding hydrogens is 226 g/mol. The first-order valence-corrected chi connectivity index (χ1v) is 5.05. The quantitative estimate of drug-likeness (QED) is 0.831. The number of rotatable bonds is 3. The van der Waals surface area contributed by atoms with Crippen LogP contribution in [0, 0.1) is 0 Å². The van der Waals surface area contributed by atoms with Crippen molar-refractivity contribution in [2.75, 3.05) is 12.4 Å². The molecule has 1 N–H and O–H groups in total. The standard InChI is InChI=1S/C11H10ClN3O/c1-16-9-10(12)13-7-14-11(9)15-8-5-3-2-4-6-8/h2-7H,1H3,(H,13,14,15). The zero-order chi connectivity index (χ0) is 11.4. The van der Waals surface area contributed by atoms with Gasteiger partial charge in [-0.05, 0) is 12.1 Å². The second kappa shape index (κ2) is 4.81. The SMILES string of the molecule is COc1c(Cl)ncnc1Nc1ccccc1.